The van der Waals surface area contributed by atoms with Crippen molar-refractivity contribution in [1.82, 2.24) is 18.9 Å². The number of carbonyl (C=O) groups excluding carboxylic acids is 1. The average Bonchev–Trinajstić information content (AvgIpc) is 3.71. The minimum absolute atomic E-state index is 0.150. The first-order valence-electron chi connectivity index (χ1n) is 17.7. The molecule has 1 amide bonds. The van der Waals surface area contributed by atoms with Crippen LogP contribution in [0.3, 0.4) is 0 Å². The summed E-state index contributed by atoms with van der Waals surface area (Å²) in [7, 11) is 7.53. The fourth-order valence-electron chi connectivity index (χ4n) is 8.07. The summed E-state index contributed by atoms with van der Waals surface area (Å²) < 4.78 is 11.9. The van der Waals surface area contributed by atoms with Gasteiger partial charge in [0.15, 0.2) is 0 Å². The Balaban J connectivity index is 1.41. The smallest absolute Gasteiger partial charge is 0.352 e. The molecule has 7 rings (SSSR count). The van der Waals surface area contributed by atoms with E-state index in [0.29, 0.717) is 47.9 Å². The highest BCUT2D eigenvalue weighted by atomic mass is 35.5. The van der Waals surface area contributed by atoms with Crippen LogP contribution in [0.15, 0.2) is 42.5 Å². The summed E-state index contributed by atoms with van der Waals surface area (Å²) >= 11 is 13.5. The number of carboxylic acid groups (broad SMARTS) is 1. The molecule has 0 spiro atoms. The zero-order valence-corrected chi connectivity index (χ0v) is 33.1. The van der Waals surface area contributed by atoms with E-state index >= 15 is 4.79 Å². The summed E-state index contributed by atoms with van der Waals surface area (Å²) in [5.41, 5.74) is 10.4. The zero-order chi connectivity index (χ0) is 38.2. The topological polar surface area (TPSA) is 97.8 Å². The van der Waals surface area contributed by atoms with Gasteiger partial charge in [-0.05, 0) is 101 Å². The summed E-state index contributed by atoms with van der Waals surface area (Å²) in [6.45, 7) is 10.9. The summed E-state index contributed by atoms with van der Waals surface area (Å²) in [4.78, 5) is 31.3. The van der Waals surface area contributed by atoms with Crippen molar-refractivity contribution >= 4 is 68.3 Å². The fraction of sp³-hybridized carbons (Fsp3) is 0.341. The van der Waals surface area contributed by atoms with Crippen molar-refractivity contribution in [3.8, 4) is 16.9 Å². The largest absolute Gasteiger partial charge is 0.494 e. The molecule has 4 heterocycles. The first-order valence-corrected chi connectivity index (χ1v) is 18.5. The lowest BCUT2D eigenvalue weighted by Gasteiger charge is -2.35. The fourth-order valence-corrected chi connectivity index (χ4v) is 8.43. The molecule has 276 valence electrons. The second-order valence-electron chi connectivity index (χ2n) is 14.5. The molecule has 3 aromatic carbocycles. The van der Waals surface area contributed by atoms with E-state index in [4.69, 9.17) is 33.0 Å². The molecule has 53 heavy (non-hydrogen) atoms. The predicted octanol–water partition coefficient (Wildman–Crippen LogP) is 9.07. The standard InChI is InChI=1S/C41H44Cl2N6O4/c1-21-15-28(16-22(2)36(21)43)53-14-10-11-29-30-12-13-31(42)35(34-24(4)44-47(9)25(34)5)38(30)49-23(3)20-48(40(50)39(29)49)32-19-27(45(6)7)17-26-18-33(41(51)52)46(8)37(26)32/h12-13,15-19,23H,10-11,14,20H2,1-9H3,(H,51,52). The lowest BCUT2D eigenvalue weighted by atomic mass is 9.98. The molecule has 0 radical (unpaired) electrons. The van der Waals surface area contributed by atoms with Crippen LogP contribution in [-0.4, -0.2) is 63.1 Å². The van der Waals surface area contributed by atoms with E-state index in [1.165, 1.54) is 0 Å². The first-order chi connectivity index (χ1) is 25.1. The van der Waals surface area contributed by atoms with Crippen molar-refractivity contribution in [2.45, 2.75) is 53.5 Å². The third-order valence-electron chi connectivity index (χ3n) is 10.7. The quantitative estimate of drug-likeness (QED) is 0.148. The average molecular weight is 756 g/mol. The van der Waals surface area contributed by atoms with Crippen LogP contribution in [-0.2, 0) is 20.5 Å². The Morgan fingerprint density at radius 3 is 2.32 bits per heavy atom. The van der Waals surface area contributed by atoms with Crippen LogP contribution in [0, 0.1) is 27.7 Å². The molecule has 0 saturated carbocycles. The summed E-state index contributed by atoms with van der Waals surface area (Å²) in [6, 6.07) is 13.3. The minimum Gasteiger partial charge on any atom is -0.494 e. The lowest BCUT2D eigenvalue weighted by Crippen LogP contribution is -2.43. The van der Waals surface area contributed by atoms with E-state index in [9.17, 15) is 9.90 Å². The number of benzene rings is 3. The third kappa shape index (κ3) is 5.92. The van der Waals surface area contributed by atoms with Gasteiger partial charge in [-0.1, -0.05) is 29.3 Å². The van der Waals surface area contributed by atoms with Gasteiger partial charge in [0.1, 0.15) is 17.1 Å². The van der Waals surface area contributed by atoms with Crippen molar-refractivity contribution in [3.63, 3.8) is 0 Å². The van der Waals surface area contributed by atoms with E-state index in [1.807, 2.05) is 99.7 Å². The second kappa shape index (κ2) is 13.5. The van der Waals surface area contributed by atoms with Crippen LogP contribution in [0.4, 0.5) is 11.4 Å². The van der Waals surface area contributed by atoms with Crippen LogP contribution in [0.5, 0.6) is 5.75 Å². The number of carboxylic acids is 1. The van der Waals surface area contributed by atoms with Gasteiger partial charge >= 0.3 is 5.97 Å². The maximum atomic E-state index is 15.2. The third-order valence-corrected chi connectivity index (χ3v) is 11.6. The molecule has 1 aliphatic heterocycles. The lowest BCUT2D eigenvalue weighted by molar-refractivity contribution is 0.0687. The molecule has 1 aliphatic rings. The second-order valence-corrected chi connectivity index (χ2v) is 15.2. The highest BCUT2D eigenvalue weighted by Gasteiger charge is 2.38. The summed E-state index contributed by atoms with van der Waals surface area (Å²) in [6.07, 6.45) is 1.22. The van der Waals surface area contributed by atoms with Crippen molar-refractivity contribution in [1.29, 1.82) is 0 Å². The molecule has 1 unspecified atom stereocenters. The SMILES string of the molecule is Cc1cc(OCCCc2c3n(c4c(-c5c(C)nn(C)c5C)c(Cl)ccc24)C(C)CN(c2cc(N(C)C)cc4cc(C(=O)O)n(C)c24)C3=O)cc(C)c1Cl. The number of ether oxygens (including phenoxy) is 1. The number of aromatic nitrogens is 4. The maximum absolute atomic E-state index is 15.2. The van der Waals surface area contributed by atoms with Crippen LogP contribution in [0.2, 0.25) is 10.0 Å². The van der Waals surface area contributed by atoms with E-state index in [-0.39, 0.29) is 17.6 Å². The molecule has 0 fully saturated rings. The van der Waals surface area contributed by atoms with Gasteiger partial charge in [-0.3, -0.25) is 9.48 Å². The van der Waals surface area contributed by atoms with Gasteiger partial charge in [0.05, 0.1) is 34.0 Å². The molecule has 1 N–H and O–H groups in total. The molecule has 3 aromatic heterocycles. The Labute approximate surface area is 319 Å². The molecule has 0 bridgehead atoms. The number of fused-ring (bicyclic) bond motifs is 4. The number of hydrogen-bond acceptors (Lipinski definition) is 5. The summed E-state index contributed by atoms with van der Waals surface area (Å²) in [5.74, 6) is -0.428. The number of halogens is 2. The number of amides is 1. The number of carbonyl (C=O) groups is 2. The van der Waals surface area contributed by atoms with Gasteiger partial charge in [0.25, 0.3) is 5.91 Å². The van der Waals surface area contributed by atoms with Crippen LogP contribution >= 0.6 is 23.2 Å². The number of nitrogens with zero attached hydrogens (tertiary/aromatic N) is 6. The van der Waals surface area contributed by atoms with Crippen molar-refractivity contribution in [2.75, 3.05) is 37.0 Å². The number of hydrogen-bond donors (Lipinski definition) is 1. The first kappa shape index (κ1) is 36.4. The molecular formula is C41H44Cl2N6O4. The van der Waals surface area contributed by atoms with Gasteiger partial charge in [-0.2, -0.15) is 5.10 Å². The highest BCUT2D eigenvalue weighted by Crippen LogP contribution is 2.46. The molecular weight excluding hydrogens is 711 g/mol. The van der Waals surface area contributed by atoms with Gasteiger partial charge in [0.2, 0.25) is 0 Å². The summed E-state index contributed by atoms with van der Waals surface area (Å²) in [5, 5.41) is 17.8. The minimum atomic E-state index is -1.03. The van der Waals surface area contributed by atoms with Crippen molar-refractivity contribution < 1.29 is 19.4 Å². The number of rotatable bonds is 9. The number of aryl methyl sites for hydroxylation is 6. The molecule has 10 nitrogen and oxygen atoms in total. The Morgan fingerprint density at radius 1 is 1.00 bits per heavy atom. The van der Waals surface area contributed by atoms with Gasteiger partial charge in [-0.25, -0.2) is 4.79 Å². The zero-order valence-electron chi connectivity index (χ0n) is 31.6. The van der Waals surface area contributed by atoms with E-state index in [0.717, 1.165) is 72.0 Å². The van der Waals surface area contributed by atoms with Gasteiger partial charge in [-0.15, -0.1) is 0 Å². The van der Waals surface area contributed by atoms with Crippen molar-refractivity contribution in [2.24, 2.45) is 14.1 Å². The Kier molecular flexibility index (Phi) is 9.27. The molecule has 1 atom stereocenters. The maximum Gasteiger partial charge on any atom is 0.352 e. The molecule has 0 aliphatic carbocycles. The number of anilines is 2. The van der Waals surface area contributed by atoms with Gasteiger partial charge < -0.3 is 28.8 Å². The Hall–Kier alpha value is -4.93. The van der Waals surface area contributed by atoms with Gasteiger partial charge in [0, 0.05) is 79.1 Å². The monoisotopic (exact) mass is 754 g/mol. The Morgan fingerprint density at radius 2 is 1.70 bits per heavy atom. The van der Waals surface area contributed by atoms with Crippen LogP contribution in [0.1, 0.15) is 68.4 Å². The highest BCUT2D eigenvalue weighted by molar-refractivity contribution is 6.35. The van der Waals surface area contributed by atoms with E-state index < -0.39 is 5.97 Å². The van der Waals surface area contributed by atoms with Crippen LogP contribution < -0.4 is 14.5 Å². The normalized spacial score (nSPS) is 14.4. The molecule has 0 saturated heterocycles. The van der Waals surface area contributed by atoms with E-state index in [2.05, 4.69) is 11.5 Å². The van der Waals surface area contributed by atoms with E-state index in [1.54, 1.807) is 17.7 Å². The number of aromatic carboxylic acids is 1. The molecule has 6 aromatic rings. The van der Waals surface area contributed by atoms with Crippen LogP contribution in [0.25, 0.3) is 32.9 Å². The predicted molar refractivity (Wildman–Crippen MR) is 214 cm³/mol. The molecule has 12 heteroatoms. The van der Waals surface area contributed by atoms with Crippen molar-refractivity contribution in [3.05, 3.63) is 92.0 Å². The Bertz CT molecular complexity index is 2470.